The second-order valence-electron chi connectivity index (χ2n) is 7.15. The fraction of sp³-hybridized carbons (Fsp3) is 0.227. The summed E-state index contributed by atoms with van der Waals surface area (Å²) in [5, 5.41) is 25.5. The number of rotatable bonds is 8. The molecule has 2 aromatic rings. The lowest BCUT2D eigenvalue weighted by molar-refractivity contribution is -0.384. The molecule has 0 aromatic heterocycles. The number of carbonyl (C=O) groups is 3. The Hall–Kier alpha value is -3.66. The molecule has 3 rings (SSSR count). The number of anilines is 2. The van der Waals surface area contributed by atoms with Crippen LogP contribution in [-0.2, 0) is 14.4 Å². The highest BCUT2D eigenvalue weighted by Crippen LogP contribution is 2.28. The Labute approximate surface area is 188 Å². The van der Waals surface area contributed by atoms with Crippen LogP contribution in [0, 0.1) is 22.0 Å². The zero-order chi connectivity index (χ0) is 23.1. The number of nitrogens with zero attached hydrogens (tertiary/aromatic N) is 1. The molecule has 0 bridgehead atoms. The first-order valence-corrected chi connectivity index (χ1v) is 10.8. The van der Waals surface area contributed by atoms with Gasteiger partial charge in [0.15, 0.2) is 0 Å². The van der Waals surface area contributed by atoms with E-state index in [-0.39, 0.29) is 23.3 Å². The highest BCUT2D eigenvalue weighted by atomic mass is 32.2. The van der Waals surface area contributed by atoms with Crippen molar-refractivity contribution >= 4 is 46.6 Å². The average molecular weight is 455 g/mol. The van der Waals surface area contributed by atoms with Crippen LogP contribution in [0.3, 0.4) is 0 Å². The highest BCUT2D eigenvalue weighted by molar-refractivity contribution is 8.00. The fourth-order valence-corrected chi connectivity index (χ4v) is 4.04. The van der Waals surface area contributed by atoms with E-state index >= 15 is 0 Å². The van der Waals surface area contributed by atoms with Crippen LogP contribution in [0.15, 0.2) is 65.6 Å². The molecule has 0 aliphatic heterocycles. The molecule has 1 aliphatic carbocycles. The van der Waals surface area contributed by atoms with Crippen molar-refractivity contribution in [2.45, 2.75) is 17.7 Å². The number of hydrogen-bond donors (Lipinski definition) is 3. The molecule has 2 aromatic carbocycles. The van der Waals surface area contributed by atoms with Crippen LogP contribution in [0.25, 0.3) is 0 Å². The number of nitro benzene ring substituents is 1. The summed E-state index contributed by atoms with van der Waals surface area (Å²) in [6.07, 6.45) is 4.30. The van der Waals surface area contributed by atoms with Crippen molar-refractivity contribution in [1.29, 1.82) is 0 Å². The molecule has 0 heterocycles. The minimum absolute atomic E-state index is 0.0600. The van der Waals surface area contributed by atoms with Crippen molar-refractivity contribution in [2.75, 3.05) is 16.4 Å². The van der Waals surface area contributed by atoms with Crippen molar-refractivity contribution in [3.63, 3.8) is 0 Å². The van der Waals surface area contributed by atoms with E-state index in [1.54, 1.807) is 30.3 Å². The third-order valence-corrected chi connectivity index (χ3v) is 5.91. The first kappa shape index (κ1) is 23.0. The van der Waals surface area contributed by atoms with Crippen molar-refractivity contribution < 1.29 is 24.4 Å². The van der Waals surface area contributed by atoms with Crippen LogP contribution >= 0.6 is 11.8 Å². The van der Waals surface area contributed by atoms with Crippen LogP contribution in [0.5, 0.6) is 0 Å². The first-order valence-electron chi connectivity index (χ1n) is 9.79. The van der Waals surface area contributed by atoms with Gasteiger partial charge in [-0.2, -0.15) is 0 Å². The number of carbonyl (C=O) groups excluding carboxylic acids is 2. The summed E-state index contributed by atoms with van der Waals surface area (Å²) in [6, 6.07) is 12.5. The Morgan fingerprint density at radius 2 is 1.69 bits per heavy atom. The van der Waals surface area contributed by atoms with Crippen molar-refractivity contribution in [3.05, 3.63) is 70.8 Å². The summed E-state index contributed by atoms with van der Waals surface area (Å²) >= 11 is 1.26. The Bertz CT molecular complexity index is 1050. The minimum atomic E-state index is -0.988. The molecule has 2 amide bonds. The van der Waals surface area contributed by atoms with Gasteiger partial charge in [0.25, 0.3) is 5.69 Å². The molecule has 0 fully saturated rings. The number of hydrogen-bond acceptors (Lipinski definition) is 6. The van der Waals surface area contributed by atoms with Crippen molar-refractivity contribution in [2.24, 2.45) is 11.8 Å². The quantitative estimate of drug-likeness (QED) is 0.237. The highest BCUT2D eigenvalue weighted by Gasteiger charge is 2.33. The number of carboxylic acids is 1. The lowest BCUT2D eigenvalue weighted by Gasteiger charge is -2.24. The van der Waals surface area contributed by atoms with Gasteiger partial charge in [0.05, 0.1) is 22.5 Å². The molecule has 1 aliphatic rings. The molecule has 32 heavy (non-hydrogen) atoms. The maximum atomic E-state index is 12.6. The molecule has 0 saturated heterocycles. The summed E-state index contributed by atoms with van der Waals surface area (Å²) in [5.74, 6) is -2.90. The number of aliphatic carboxylic acids is 1. The number of thioether (sulfide) groups is 1. The molecule has 2 unspecified atom stereocenters. The maximum Gasteiger partial charge on any atom is 0.307 e. The second-order valence-corrected chi connectivity index (χ2v) is 8.20. The van der Waals surface area contributed by atoms with E-state index in [1.165, 1.54) is 36.0 Å². The number of nitrogens with one attached hydrogen (secondary N) is 2. The zero-order valence-electron chi connectivity index (χ0n) is 16.9. The molecule has 3 N–H and O–H groups in total. The molecule has 2 atom stereocenters. The number of non-ortho nitro benzene ring substituents is 1. The number of nitro groups is 1. The van der Waals surface area contributed by atoms with E-state index in [4.69, 9.17) is 0 Å². The predicted molar refractivity (Wildman–Crippen MR) is 121 cm³/mol. The molecule has 166 valence electrons. The van der Waals surface area contributed by atoms with Crippen LogP contribution in [0.2, 0.25) is 0 Å². The second kappa shape index (κ2) is 10.6. The third kappa shape index (κ3) is 6.17. The van der Waals surface area contributed by atoms with Crippen molar-refractivity contribution in [1.82, 2.24) is 0 Å². The summed E-state index contributed by atoms with van der Waals surface area (Å²) in [6.45, 7) is 0. The summed E-state index contributed by atoms with van der Waals surface area (Å²) < 4.78 is 0. The van der Waals surface area contributed by atoms with Crippen LogP contribution in [0.1, 0.15) is 12.8 Å². The number of carboxylic acid groups (broad SMARTS) is 1. The third-order valence-electron chi connectivity index (χ3n) is 4.92. The number of benzene rings is 2. The molecule has 0 spiro atoms. The minimum Gasteiger partial charge on any atom is -0.481 e. The Kier molecular flexibility index (Phi) is 7.61. The van der Waals surface area contributed by atoms with E-state index in [9.17, 15) is 29.6 Å². The molecule has 0 saturated carbocycles. The van der Waals surface area contributed by atoms with Gasteiger partial charge in [-0.1, -0.05) is 18.2 Å². The van der Waals surface area contributed by atoms with Crippen molar-refractivity contribution in [3.8, 4) is 0 Å². The maximum absolute atomic E-state index is 12.6. The van der Waals surface area contributed by atoms with Gasteiger partial charge in [0, 0.05) is 28.4 Å². The van der Waals surface area contributed by atoms with Crippen LogP contribution < -0.4 is 10.6 Å². The normalized spacial score (nSPS) is 17.4. The van der Waals surface area contributed by atoms with Crippen LogP contribution in [0.4, 0.5) is 17.1 Å². The predicted octanol–water partition coefficient (Wildman–Crippen LogP) is 3.93. The molecule has 10 heteroatoms. The number of amides is 2. The van der Waals surface area contributed by atoms with Gasteiger partial charge in [-0.05, 0) is 43.2 Å². The van der Waals surface area contributed by atoms with Gasteiger partial charge >= 0.3 is 5.97 Å². The largest absolute Gasteiger partial charge is 0.481 e. The lowest BCUT2D eigenvalue weighted by Crippen LogP contribution is -2.34. The lowest BCUT2D eigenvalue weighted by atomic mass is 9.82. The summed E-state index contributed by atoms with van der Waals surface area (Å²) in [5.41, 5.74) is 0.918. The van der Waals surface area contributed by atoms with E-state index in [2.05, 4.69) is 10.6 Å². The fourth-order valence-electron chi connectivity index (χ4n) is 3.29. The van der Waals surface area contributed by atoms with Gasteiger partial charge in [-0.15, -0.1) is 11.8 Å². The SMILES string of the molecule is O=C(CSc1cccc(NC(=O)C2CC=CCC2C(=O)O)c1)Nc1ccc([N+](=O)[O-])cc1. The standard InChI is InChI=1S/C22H21N3O6S/c26-20(23-14-8-10-16(11-9-14)25(30)31)13-32-17-5-3-4-15(12-17)24-21(27)18-6-1-2-7-19(18)22(28)29/h1-5,8-12,18-19H,6-7,13H2,(H,23,26)(H,24,27)(H,28,29). The molecular weight excluding hydrogens is 434 g/mol. The summed E-state index contributed by atoms with van der Waals surface area (Å²) in [4.78, 5) is 47.1. The Morgan fingerprint density at radius 3 is 2.34 bits per heavy atom. The van der Waals surface area contributed by atoms with E-state index < -0.39 is 22.7 Å². The van der Waals surface area contributed by atoms with Gasteiger partial charge in [0.1, 0.15) is 0 Å². The van der Waals surface area contributed by atoms with E-state index in [1.807, 2.05) is 6.08 Å². The van der Waals surface area contributed by atoms with Gasteiger partial charge < -0.3 is 15.7 Å². The molecular formula is C22H21N3O6S. The first-order chi connectivity index (χ1) is 15.3. The van der Waals surface area contributed by atoms with Gasteiger partial charge in [-0.25, -0.2) is 0 Å². The Morgan fingerprint density at radius 1 is 1.00 bits per heavy atom. The monoisotopic (exact) mass is 455 g/mol. The van der Waals surface area contributed by atoms with E-state index in [0.717, 1.165) is 4.90 Å². The van der Waals surface area contributed by atoms with Gasteiger partial charge in [-0.3, -0.25) is 24.5 Å². The number of allylic oxidation sites excluding steroid dienone is 2. The van der Waals surface area contributed by atoms with Gasteiger partial charge in [0.2, 0.25) is 11.8 Å². The summed E-state index contributed by atoms with van der Waals surface area (Å²) in [7, 11) is 0. The average Bonchev–Trinajstić information content (AvgIpc) is 2.78. The topological polar surface area (TPSA) is 139 Å². The smallest absolute Gasteiger partial charge is 0.307 e. The zero-order valence-corrected chi connectivity index (χ0v) is 17.7. The molecule has 9 nitrogen and oxygen atoms in total. The van der Waals surface area contributed by atoms with E-state index in [0.29, 0.717) is 24.2 Å². The molecule has 0 radical (unpaired) electrons. The van der Waals surface area contributed by atoms with Crippen LogP contribution in [-0.4, -0.2) is 33.6 Å². The Balaban J connectivity index is 1.54.